The van der Waals surface area contributed by atoms with E-state index in [0.29, 0.717) is 22.5 Å². The number of nitrogens with one attached hydrogen (secondary N) is 1. The van der Waals surface area contributed by atoms with E-state index in [0.717, 1.165) is 10.7 Å². The Morgan fingerprint density at radius 2 is 2.28 bits per heavy atom. The molecule has 0 saturated heterocycles. The summed E-state index contributed by atoms with van der Waals surface area (Å²) in [5, 5.41) is 14.3. The molecule has 3 aromatic rings. The van der Waals surface area contributed by atoms with Gasteiger partial charge in [-0.3, -0.25) is 9.36 Å². The zero-order valence-corrected chi connectivity index (χ0v) is 15.4. The van der Waals surface area contributed by atoms with Crippen LogP contribution < -0.4 is 5.32 Å². The summed E-state index contributed by atoms with van der Waals surface area (Å²) >= 11 is 8.68. The molecule has 0 bridgehead atoms. The van der Waals surface area contributed by atoms with Crippen LogP contribution in [0.1, 0.15) is 0 Å². The maximum absolute atomic E-state index is 12.1. The second-order valence-corrected chi connectivity index (χ2v) is 7.21. The Kier molecular flexibility index (Phi) is 5.85. The highest BCUT2D eigenvalue weighted by molar-refractivity contribution is 7.99. The Morgan fingerprint density at radius 3 is 2.96 bits per heavy atom. The van der Waals surface area contributed by atoms with E-state index in [1.165, 1.54) is 18.0 Å². The molecular weight excluding hydrogens is 378 g/mol. The fourth-order valence-electron chi connectivity index (χ4n) is 2.04. The Bertz CT molecular complexity index is 861. The van der Waals surface area contributed by atoms with E-state index >= 15 is 0 Å². The molecule has 0 aliphatic heterocycles. The van der Waals surface area contributed by atoms with Crippen LogP contribution in [0.25, 0.3) is 10.7 Å². The lowest BCUT2D eigenvalue weighted by Crippen LogP contribution is -2.15. The minimum Gasteiger partial charge on any atom is -0.310 e. The van der Waals surface area contributed by atoms with Gasteiger partial charge in [-0.2, -0.15) is 0 Å². The van der Waals surface area contributed by atoms with Crippen molar-refractivity contribution in [2.45, 2.75) is 11.7 Å². The smallest absolute Gasteiger partial charge is 0.236 e. The first kappa shape index (κ1) is 17.7. The van der Waals surface area contributed by atoms with Crippen molar-refractivity contribution in [2.24, 2.45) is 0 Å². The van der Waals surface area contributed by atoms with Gasteiger partial charge in [0.15, 0.2) is 11.0 Å². The van der Waals surface area contributed by atoms with E-state index in [2.05, 4.69) is 27.1 Å². The average molecular weight is 392 g/mol. The highest BCUT2D eigenvalue weighted by Crippen LogP contribution is 2.27. The monoisotopic (exact) mass is 391 g/mol. The number of anilines is 1. The second kappa shape index (κ2) is 8.28. The van der Waals surface area contributed by atoms with Gasteiger partial charge in [0.2, 0.25) is 5.91 Å². The number of pyridine rings is 1. The van der Waals surface area contributed by atoms with Crippen molar-refractivity contribution < 1.29 is 4.79 Å². The molecule has 1 amide bonds. The SMILES string of the molecule is C=CCn1c(SCC(=O)Nc2ccc(Cl)cn2)nnc1-c1cccs1. The van der Waals surface area contributed by atoms with Crippen molar-refractivity contribution in [2.75, 3.05) is 11.1 Å². The van der Waals surface area contributed by atoms with Crippen LogP contribution in [-0.4, -0.2) is 31.4 Å². The molecule has 25 heavy (non-hydrogen) atoms. The largest absolute Gasteiger partial charge is 0.310 e. The number of halogens is 1. The number of allylic oxidation sites excluding steroid dienone is 1. The van der Waals surface area contributed by atoms with Gasteiger partial charge in [-0.1, -0.05) is 35.5 Å². The zero-order chi connectivity index (χ0) is 17.6. The summed E-state index contributed by atoms with van der Waals surface area (Å²) in [6.45, 7) is 4.35. The predicted octanol–water partition coefficient (Wildman–Crippen LogP) is 3.97. The van der Waals surface area contributed by atoms with Crippen molar-refractivity contribution in [1.82, 2.24) is 19.7 Å². The van der Waals surface area contributed by atoms with Crippen molar-refractivity contribution in [3.05, 3.63) is 53.5 Å². The number of carbonyl (C=O) groups is 1. The number of carbonyl (C=O) groups excluding carboxylic acids is 1. The van der Waals surface area contributed by atoms with Crippen LogP contribution in [0.3, 0.4) is 0 Å². The third kappa shape index (κ3) is 4.47. The van der Waals surface area contributed by atoms with Crippen LogP contribution in [0.4, 0.5) is 5.82 Å². The number of nitrogens with zero attached hydrogens (tertiary/aromatic N) is 4. The Morgan fingerprint density at radius 1 is 1.40 bits per heavy atom. The molecule has 1 N–H and O–H groups in total. The zero-order valence-electron chi connectivity index (χ0n) is 13.1. The number of rotatable bonds is 7. The van der Waals surface area contributed by atoms with Gasteiger partial charge in [0.25, 0.3) is 0 Å². The Balaban J connectivity index is 1.67. The van der Waals surface area contributed by atoms with E-state index in [4.69, 9.17) is 11.6 Å². The number of aromatic nitrogens is 4. The first-order valence-electron chi connectivity index (χ1n) is 7.29. The van der Waals surface area contributed by atoms with E-state index in [9.17, 15) is 4.79 Å². The Hall–Kier alpha value is -2.16. The van der Waals surface area contributed by atoms with Gasteiger partial charge >= 0.3 is 0 Å². The van der Waals surface area contributed by atoms with Crippen LogP contribution in [0.15, 0.2) is 53.7 Å². The summed E-state index contributed by atoms with van der Waals surface area (Å²) in [4.78, 5) is 17.2. The highest BCUT2D eigenvalue weighted by atomic mass is 35.5. The molecule has 0 spiro atoms. The molecule has 3 heterocycles. The minimum absolute atomic E-state index is 0.175. The van der Waals surface area contributed by atoms with Crippen LogP contribution in [-0.2, 0) is 11.3 Å². The maximum Gasteiger partial charge on any atom is 0.236 e. The first-order valence-corrected chi connectivity index (χ1v) is 9.54. The molecule has 0 radical (unpaired) electrons. The van der Waals surface area contributed by atoms with Crippen molar-refractivity contribution >= 4 is 46.4 Å². The normalized spacial score (nSPS) is 10.6. The molecule has 0 atom stereocenters. The highest BCUT2D eigenvalue weighted by Gasteiger charge is 2.15. The summed E-state index contributed by atoms with van der Waals surface area (Å²) in [5.41, 5.74) is 0. The topological polar surface area (TPSA) is 72.7 Å². The van der Waals surface area contributed by atoms with Gasteiger partial charge in [0.05, 0.1) is 15.7 Å². The molecule has 3 rings (SSSR count). The standard InChI is InChI=1S/C16H14ClN5OS2/c1-2-7-22-15(12-4-3-8-24-12)20-21-16(22)25-10-14(23)19-13-6-5-11(17)9-18-13/h2-6,8-9H,1,7,10H2,(H,18,19,23). The van der Waals surface area contributed by atoms with Crippen LogP contribution in [0.2, 0.25) is 5.02 Å². The molecule has 6 nitrogen and oxygen atoms in total. The van der Waals surface area contributed by atoms with Gasteiger partial charge in [-0.25, -0.2) is 4.98 Å². The summed E-state index contributed by atoms with van der Waals surface area (Å²) in [7, 11) is 0. The van der Waals surface area contributed by atoms with Crippen molar-refractivity contribution in [3.63, 3.8) is 0 Å². The molecule has 0 aromatic carbocycles. The summed E-state index contributed by atoms with van der Waals surface area (Å²) in [6.07, 6.45) is 3.26. The lowest BCUT2D eigenvalue weighted by Gasteiger charge is -2.07. The van der Waals surface area contributed by atoms with Crippen LogP contribution >= 0.6 is 34.7 Å². The van der Waals surface area contributed by atoms with Gasteiger partial charge in [-0.15, -0.1) is 28.1 Å². The fraction of sp³-hybridized carbons (Fsp3) is 0.125. The summed E-state index contributed by atoms with van der Waals surface area (Å²) in [5.74, 6) is 1.26. The molecule has 0 aliphatic rings. The van der Waals surface area contributed by atoms with Gasteiger partial charge in [-0.05, 0) is 23.6 Å². The number of amides is 1. The van der Waals surface area contributed by atoms with Crippen LogP contribution in [0.5, 0.6) is 0 Å². The van der Waals surface area contributed by atoms with Gasteiger partial charge in [0.1, 0.15) is 5.82 Å². The molecule has 3 aromatic heterocycles. The van der Waals surface area contributed by atoms with Gasteiger partial charge < -0.3 is 5.32 Å². The van der Waals surface area contributed by atoms with Gasteiger partial charge in [0, 0.05) is 12.7 Å². The number of thiophene rings is 1. The first-order chi connectivity index (χ1) is 12.2. The summed E-state index contributed by atoms with van der Waals surface area (Å²) < 4.78 is 1.94. The molecular formula is C16H14ClN5OS2. The average Bonchev–Trinajstić information content (AvgIpc) is 3.25. The Labute approximate surface area is 158 Å². The quantitative estimate of drug-likeness (QED) is 0.487. The third-order valence-electron chi connectivity index (χ3n) is 3.10. The second-order valence-electron chi connectivity index (χ2n) is 4.88. The lowest BCUT2D eigenvalue weighted by atomic mass is 10.4. The molecule has 128 valence electrons. The van der Waals surface area contributed by atoms with Crippen molar-refractivity contribution in [3.8, 4) is 10.7 Å². The van der Waals surface area contributed by atoms with E-state index < -0.39 is 0 Å². The minimum atomic E-state index is -0.175. The number of hydrogen-bond donors (Lipinski definition) is 1. The number of thioether (sulfide) groups is 1. The van der Waals surface area contributed by atoms with Crippen molar-refractivity contribution in [1.29, 1.82) is 0 Å². The molecule has 9 heteroatoms. The van der Waals surface area contributed by atoms with E-state index in [1.807, 2.05) is 22.1 Å². The fourth-order valence-corrected chi connectivity index (χ4v) is 3.61. The maximum atomic E-state index is 12.1. The summed E-state index contributed by atoms with van der Waals surface area (Å²) in [6, 6.07) is 7.28. The molecule has 0 aliphatic carbocycles. The molecule has 0 fully saturated rings. The third-order valence-corrected chi connectivity index (χ3v) is 5.15. The van der Waals surface area contributed by atoms with E-state index in [-0.39, 0.29) is 11.7 Å². The molecule has 0 saturated carbocycles. The lowest BCUT2D eigenvalue weighted by molar-refractivity contribution is -0.113. The predicted molar refractivity (Wildman–Crippen MR) is 102 cm³/mol. The molecule has 0 unspecified atom stereocenters. The van der Waals surface area contributed by atoms with Crippen LogP contribution in [0, 0.1) is 0 Å². The van der Waals surface area contributed by atoms with E-state index in [1.54, 1.807) is 29.5 Å². The number of hydrogen-bond acceptors (Lipinski definition) is 6.